The second-order valence-corrected chi connectivity index (χ2v) is 10.1. The number of hydrogen-bond donors (Lipinski definition) is 1. The van der Waals surface area contributed by atoms with Crippen LogP contribution in [0.1, 0.15) is 24.0 Å². The molecular weight excluding hydrogens is 438 g/mol. The van der Waals surface area contributed by atoms with E-state index >= 15 is 0 Å². The third-order valence-corrected chi connectivity index (χ3v) is 8.62. The minimum atomic E-state index is -3.54. The Hall–Kier alpha value is -0.370. The van der Waals surface area contributed by atoms with E-state index in [2.05, 4.69) is 42.6 Å². The first kappa shape index (κ1) is 15.5. The van der Waals surface area contributed by atoms with Crippen molar-refractivity contribution in [2.75, 3.05) is 4.72 Å². The van der Waals surface area contributed by atoms with Crippen LogP contribution in [0, 0.1) is 0 Å². The topological polar surface area (TPSA) is 46.2 Å². The summed E-state index contributed by atoms with van der Waals surface area (Å²) in [5, 5.41) is 0. The molecule has 1 aromatic heterocycles. The zero-order chi connectivity index (χ0) is 15.0. The lowest BCUT2D eigenvalue weighted by Gasteiger charge is -2.19. The smallest absolute Gasteiger partial charge is 0.271 e. The lowest BCUT2D eigenvalue weighted by Crippen LogP contribution is -2.15. The van der Waals surface area contributed by atoms with Crippen molar-refractivity contribution in [2.24, 2.45) is 0 Å². The van der Waals surface area contributed by atoms with Gasteiger partial charge in [-0.05, 0) is 80.8 Å². The van der Waals surface area contributed by atoms with Crippen LogP contribution in [0.5, 0.6) is 0 Å². The van der Waals surface area contributed by atoms with Crippen LogP contribution in [0.4, 0.5) is 5.69 Å². The number of aryl methyl sites for hydroxylation is 1. The van der Waals surface area contributed by atoms with Gasteiger partial charge in [0.25, 0.3) is 10.0 Å². The summed E-state index contributed by atoms with van der Waals surface area (Å²) in [5.41, 5.74) is 3.12. The molecule has 1 N–H and O–H groups in total. The number of nitrogens with one attached hydrogen (secondary N) is 1. The maximum Gasteiger partial charge on any atom is 0.271 e. The Morgan fingerprint density at radius 2 is 1.90 bits per heavy atom. The van der Waals surface area contributed by atoms with E-state index in [-0.39, 0.29) is 0 Å². The normalized spacial score (nSPS) is 14.8. The molecular formula is C14H13Br2NO2S2. The van der Waals surface area contributed by atoms with Gasteiger partial charge in [0.15, 0.2) is 0 Å². The van der Waals surface area contributed by atoms with Gasteiger partial charge < -0.3 is 0 Å². The Labute approximate surface area is 145 Å². The Morgan fingerprint density at radius 3 is 2.62 bits per heavy atom. The summed E-state index contributed by atoms with van der Waals surface area (Å²) >= 11 is 7.86. The minimum absolute atomic E-state index is 0.301. The fourth-order valence-corrected chi connectivity index (χ4v) is 6.44. The number of fused-ring (bicyclic) bond motifs is 1. The van der Waals surface area contributed by atoms with E-state index in [0.29, 0.717) is 9.90 Å². The number of thiophene rings is 1. The van der Waals surface area contributed by atoms with E-state index < -0.39 is 10.0 Å². The monoisotopic (exact) mass is 449 g/mol. The van der Waals surface area contributed by atoms with Gasteiger partial charge in [0.05, 0.1) is 9.47 Å². The van der Waals surface area contributed by atoms with Crippen LogP contribution in [0.15, 0.2) is 36.7 Å². The summed E-state index contributed by atoms with van der Waals surface area (Å²) in [6.07, 6.45) is 4.25. The molecule has 3 nitrogen and oxygen atoms in total. The second kappa shape index (κ2) is 6.02. The first-order valence-corrected chi connectivity index (χ1v) is 10.4. The lowest BCUT2D eigenvalue weighted by atomic mass is 9.91. The molecule has 0 aliphatic heterocycles. The summed E-state index contributed by atoms with van der Waals surface area (Å²) in [5.74, 6) is 0. The Balaban J connectivity index is 1.96. The molecule has 112 valence electrons. The van der Waals surface area contributed by atoms with Gasteiger partial charge in [-0.3, -0.25) is 4.72 Å². The van der Waals surface area contributed by atoms with Crippen LogP contribution in [0.3, 0.4) is 0 Å². The van der Waals surface area contributed by atoms with Gasteiger partial charge in [0, 0.05) is 4.47 Å². The number of anilines is 1. The average molecular weight is 451 g/mol. The summed E-state index contributed by atoms with van der Waals surface area (Å²) in [7, 11) is -3.54. The molecule has 0 unspecified atom stereocenters. The molecule has 0 amide bonds. The number of hydrogen-bond acceptors (Lipinski definition) is 3. The minimum Gasteiger partial charge on any atom is -0.279 e. The molecule has 0 saturated heterocycles. The van der Waals surface area contributed by atoms with E-state index in [9.17, 15) is 8.42 Å². The third kappa shape index (κ3) is 3.21. The highest BCUT2D eigenvalue weighted by Gasteiger charge is 2.21. The molecule has 0 radical (unpaired) electrons. The molecule has 7 heteroatoms. The van der Waals surface area contributed by atoms with Crippen LogP contribution >= 0.6 is 43.2 Å². The van der Waals surface area contributed by atoms with E-state index in [1.165, 1.54) is 23.3 Å². The van der Waals surface area contributed by atoms with E-state index in [0.717, 1.165) is 33.1 Å². The molecule has 3 rings (SSSR count). The average Bonchev–Trinajstić information content (AvgIpc) is 2.80. The van der Waals surface area contributed by atoms with Gasteiger partial charge in [-0.15, -0.1) is 11.3 Å². The van der Waals surface area contributed by atoms with E-state index in [4.69, 9.17) is 0 Å². The van der Waals surface area contributed by atoms with Crippen LogP contribution in [-0.2, 0) is 22.9 Å². The van der Waals surface area contributed by atoms with Crippen LogP contribution < -0.4 is 4.72 Å². The number of halogens is 2. The highest BCUT2D eigenvalue weighted by Crippen LogP contribution is 2.36. The number of benzene rings is 1. The Kier molecular flexibility index (Phi) is 4.45. The first-order chi connectivity index (χ1) is 9.97. The standard InChI is InChI=1S/C14H13Br2NO2S2/c15-11-8-13(20-14(11)16)21(18,19)17-12-7-3-5-9-4-1-2-6-10(9)12/h3,5,7-8,17H,1-2,4,6H2. The van der Waals surface area contributed by atoms with Crippen molar-refractivity contribution in [1.29, 1.82) is 0 Å². The molecule has 2 aromatic rings. The molecule has 0 spiro atoms. The van der Waals surface area contributed by atoms with Crippen molar-refractivity contribution < 1.29 is 8.42 Å². The van der Waals surface area contributed by atoms with Crippen LogP contribution in [0.2, 0.25) is 0 Å². The van der Waals surface area contributed by atoms with Crippen molar-refractivity contribution in [2.45, 2.75) is 29.9 Å². The quantitative estimate of drug-likeness (QED) is 0.718. The molecule has 0 saturated carbocycles. The van der Waals surface area contributed by atoms with Gasteiger partial charge in [0.1, 0.15) is 4.21 Å². The molecule has 1 aliphatic carbocycles. The molecule has 1 heterocycles. The summed E-state index contributed by atoms with van der Waals surface area (Å²) < 4.78 is 29.6. The van der Waals surface area contributed by atoms with Crippen molar-refractivity contribution in [3.63, 3.8) is 0 Å². The van der Waals surface area contributed by atoms with Crippen molar-refractivity contribution in [1.82, 2.24) is 0 Å². The Bertz CT molecular complexity index is 765. The highest BCUT2D eigenvalue weighted by atomic mass is 79.9. The largest absolute Gasteiger partial charge is 0.279 e. The summed E-state index contributed by atoms with van der Waals surface area (Å²) in [4.78, 5) is 0. The van der Waals surface area contributed by atoms with Gasteiger partial charge in [-0.1, -0.05) is 12.1 Å². The Morgan fingerprint density at radius 1 is 1.14 bits per heavy atom. The third-order valence-electron chi connectivity index (χ3n) is 3.53. The molecule has 1 aliphatic rings. The van der Waals surface area contributed by atoms with Gasteiger partial charge in [-0.2, -0.15) is 0 Å². The first-order valence-electron chi connectivity index (χ1n) is 6.56. The fraction of sp³-hybridized carbons (Fsp3) is 0.286. The highest BCUT2D eigenvalue weighted by molar-refractivity contribution is 9.13. The van der Waals surface area contributed by atoms with Gasteiger partial charge in [0.2, 0.25) is 0 Å². The van der Waals surface area contributed by atoms with Crippen LogP contribution in [-0.4, -0.2) is 8.42 Å². The van der Waals surface area contributed by atoms with Crippen molar-refractivity contribution in [3.05, 3.63) is 43.7 Å². The van der Waals surface area contributed by atoms with E-state index in [1.807, 2.05) is 12.1 Å². The molecule has 21 heavy (non-hydrogen) atoms. The molecule has 0 atom stereocenters. The summed E-state index contributed by atoms with van der Waals surface area (Å²) in [6.45, 7) is 0. The zero-order valence-electron chi connectivity index (χ0n) is 11.0. The SMILES string of the molecule is O=S(=O)(Nc1cccc2c1CCCC2)c1cc(Br)c(Br)s1. The van der Waals surface area contributed by atoms with Gasteiger partial charge in [-0.25, -0.2) is 8.42 Å². The maximum absolute atomic E-state index is 12.5. The van der Waals surface area contributed by atoms with Crippen molar-refractivity contribution in [3.8, 4) is 0 Å². The zero-order valence-corrected chi connectivity index (χ0v) is 15.8. The molecule has 0 bridgehead atoms. The second-order valence-electron chi connectivity index (χ2n) is 4.94. The number of rotatable bonds is 3. The fourth-order valence-electron chi connectivity index (χ4n) is 2.53. The molecule has 1 aromatic carbocycles. The van der Waals surface area contributed by atoms with Gasteiger partial charge >= 0.3 is 0 Å². The predicted octanol–water partition coefficient (Wildman–Crippen LogP) is 4.95. The van der Waals surface area contributed by atoms with E-state index in [1.54, 1.807) is 6.07 Å². The van der Waals surface area contributed by atoms with Crippen molar-refractivity contribution >= 4 is 58.9 Å². The maximum atomic E-state index is 12.5. The number of sulfonamides is 1. The lowest BCUT2D eigenvalue weighted by molar-refractivity contribution is 0.603. The summed E-state index contributed by atoms with van der Waals surface area (Å²) in [6, 6.07) is 7.47. The van der Waals surface area contributed by atoms with Crippen LogP contribution in [0.25, 0.3) is 0 Å². The molecule has 0 fully saturated rings. The predicted molar refractivity (Wildman–Crippen MR) is 93.6 cm³/mol.